The molecule has 104 valence electrons. The highest BCUT2D eigenvalue weighted by molar-refractivity contribution is 7.14. The quantitative estimate of drug-likeness (QED) is 0.748. The van der Waals surface area contributed by atoms with E-state index in [1.165, 1.54) is 34.8 Å². The molecule has 1 heterocycles. The molecule has 0 N–H and O–H groups in total. The molecule has 0 saturated heterocycles. The van der Waals surface area contributed by atoms with Crippen molar-refractivity contribution in [3.63, 3.8) is 0 Å². The lowest BCUT2D eigenvalue weighted by Gasteiger charge is -2.08. The van der Waals surface area contributed by atoms with Crippen LogP contribution in [0.1, 0.15) is 44.1 Å². The van der Waals surface area contributed by atoms with Gasteiger partial charge in [-0.15, -0.1) is 11.3 Å². The van der Waals surface area contributed by atoms with Crippen molar-refractivity contribution >= 4 is 17.1 Å². The summed E-state index contributed by atoms with van der Waals surface area (Å²) in [5.41, 5.74) is 1.46. The summed E-state index contributed by atoms with van der Waals surface area (Å²) in [6.07, 6.45) is 4.27. The summed E-state index contributed by atoms with van der Waals surface area (Å²) in [6.45, 7) is 1.53. The van der Waals surface area contributed by atoms with Gasteiger partial charge in [-0.05, 0) is 55.9 Å². The molecule has 0 unspecified atom stereocenters. The van der Waals surface area contributed by atoms with E-state index in [9.17, 15) is 13.6 Å². The maximum atomic E-state index is 13.8. The van der Waals surface area contributed by atoms with E-state index in [0.29, 0.717) is 4.88 Å². The molecule has 0 spiro atoms. The average molecular weight is 292 g/mol. The van der Waals surface area contributed by atoms with Gasteiger partial charge in [0, 0.05) is 10.9 Å². The van der Waals surface area contributed by atoms with Gasteiger partial charge in [0.2, 0.25) is 5.78 Å². The first-order chi connectivity index (χ1) is 9.56. The Morgan fingerprint density at radius 2 is 1.85 bits per heavy atom. The molecule has 1 aliphatic carbocycles. The van der Waals surface area contributed by atoms with Crippen molar-refractivity contribution in [3.05, 3.63) is 56.3 Å². The van der Waals surface area contributed by atoms with E-state index in [-0.39, 0.29) is 16.9 Å². The molecular formula is C16H14F2OS. The Balaban J connectivity index is 2.00. The summed E-state index contributed by atoms with van der Waals surface area (Å²) in [5.74, 6) is -1.75. The fourth-order valence-electron chi connectivity index (χ4n) is 2.57. The molecular weight excluding hydrogens is 278 g/mol. The van der Waals surface area contributed by atoms with Gasteiger partial charge in [0.25, 0.3) is 0 Å². The highest BCUT2D eigenvalue weighted by atomic mass is 32.1. The second-order valence-electron chi connectivity index (χ2n) is 5.18. The molecule has 0 saturated carbocycles. The molecule has 1 aromatic carbocycles. The molecule has 4 heteroatoms. The topological polar surface area (TPSA) is 17.1 Å². The molecule has 0 bridgehead atoms. The molecule has 1 nitrogen and oxygen atoms in total. The number of rotatable bonds is 2. The number of aryl methyl sites for hydroxylation is 3. The highest BCUT2D eigenvalue weighted by Crippen LogP contribution is 2.31. The summed E-state index contributed by atoms with van der Waals surface area (Å²) in [4.78, 5) is 14.2. The minimum Gasteiger partial charge on any atom is -0.288 e. The zero-order chi connectivity index (χ0) is 14.3. The number of ketones is 1. The van der Waals surface area contributed by atoms with Gasteiger partial charge in [-0.2, -0.15) is 0 Å². The maximum absolute atomic E-state index is 13.8. The standard InChI is InChI=1S/C16H14F2OS/c1-9-6-11(13(18)8-12(9)17)16(19)15-7-10-4-2-3-5-14(10)20-15/h6-8H,2-5H2,1H3. The number of thiophene rings is 1. The van der Waals surface area contributed by atoms with Crippen LogP contribution in [0.25, 0.3) is 0 Å². The Labute approximate surface area is 120 Å². The number of fused-ring (bicyclic) bond motifs is 1. The predicted molar refractivity (Wildman–Crippen MR) is 75.5 cm³/mol. The van der Waals surface area contributed by atoms with Crippen LogP contribution >= 0.6 is 11.3 Å². The molecule has 0 fully saturated rings. The molecule has 1 aromatic heterocycles. The molecule has 20 heavy (non-hydrogen) atoms. The van der Waals surface area contributed by atoms with Gasteiger partial charge in [0.1, 0.15) is 11.6 Å². The summed E-state index contributed by atoms with van der Waals surface area (Å²) >= 11 is 1.45. The Hall–Kier alpha value is -1.55. The van der Waals surface area contributed by atoms with E-state index in [0.717, 1.165) is 31.7 Å². The Morgan fingerprint density at radius 3 is 2.60 bits per heavy atom. The third-order valence-electron chi connectivity index (χ3n) is 3.71. The summed E-state index contributed by atoms with van der Waals surface area (Å²) in [5, 5.41) is 0. The van der Waals surface area contributed by atoms with Gasteiger partial charge < -0.3 is 0 Å². The number of hydrogen-bond donors (Lipinski definition) is 0. The molecule has 0 amide bonds. The van der Waals surface area contributed by atoms with Crippen LogP contribution in [-0.4, -0.2) is 5.78 Å². The van der Waals surface area contributed by atoms with E-state index in [1.54, 1.807) is 0 Å². The Bertz CT molecular complexity index is 665. The van der Waals surface area contributed by atoms with Gasteiger partial charge in [0.05, 0.1) is 10.4 Å². The lowest BCUT2D eigenvalue weighted by Crippen LogP contribution is -2.04. The van der Waals surface area contributed by atoms with Crippen molar-refractivity contribution < 1.29 is 13.6 Å². The van der Waals surface area contributed by atoms with Gasteiger partial charge in [-0.1, -0.05) is 0 Å². The van der Waals surface area contributed by atoms with Crippen LogP contribution in [0.15, 0.2) is 18.2 Å². The van der Waals surface area contributed by atoms with Crippen molar-refractivity contribution in [2.75, 3.05) is 0 Å². The van der Waals surface area contributed by atoms with E-state index < -0.39 is 11.6 Å². The number of benzene rings is 1. The van der Waals surface area contributed by atoms with Crippen molar-refractivity contribution in [1.29, 1.82) is 0 Å². The normalized spacial score (nSPS) is 14.2. The molecule has 0 aliphatic heterocycles. The third-order valence-corrected chi connectivity index (χ3v) is 4.95. The van der Waals surface area contributed by atoms with E-state index >= 15 is 0 Å². The second kappa shape index (κ2) is 5.09. The van der Waals surface area contributed by atoms with Gasteiger partial charge in [-0.3, -0.25) is 4.79 Å². The summed E-state index contributed by atoms with van der Waals surface area (Å²) in [6, 6.07) is 3.96. The molecule has 2 aromatic rings. The van der Waals surface area contributed by atoms with Crippen molar-refractivity contribution in [2.45, 2.75) is 32.6 Å². The number of carbonyl (C=O) groups is 1. The maximum Gasteiger partial charge on any atom is 0.205 e. The van der Waals surface area contributed by atoms with Crippen LogP contribution in [-0.2, 0) is 12.8 Å². The van der Waals surface area contributed by atoms with Crippen molar-refractivity contribution in [2.24, 2.45) is 0 Å². The zero-order valence-corrected chi connectivity index (χ0v) is 11.9. The van der Waals surface area contributed by atoms with Crippen LogP contribution in [0.3, 0.4) is 0 Å². The molecule has 0 atom stereocenters. The Morgan fingerprint density at radius 1 is 1.10 bits per heavy atom. The van der Waals surface area contributed by atoms with Crippen LogP contribution in [0, 0.1) is 18.6 Å². The summed E-state index contributed by atoms with van der Waals surface area (Å²) in [7, 11) is 0. The number of hydrogen-bond acceptors (Lipinski definition) is 2. The largest absolute Gasteiger partial charge is 0.288 e. The van der Waals surface area contributed by atoms with Gasteiger partial charge >= 0.3 is 0 Å². The summed E-state index contributed by atoms with van der Waals surface area (Å²) < 4.78 is 27.1. The van der Waals surface area contributed by atoms with Gasteiger partial charge in [0.15, 0.2) is 0 Å². The molecule has 3 rings (SSSR count). The monoisotopic (exact) mass is 292 g/mol. The van der Waals surface area contributed by atoms with Crippen molar-refractivity contribution in [1.82, 2.24) is 0 Å². The van der Waals surface area contributed by atoms with Crippen molar-refractivity contribution in [3.8, 4) is 0 Å². The minimum atomic E-state index is -0.788. The SMILES string of the molecule is Cc1cc(C(=O)c2cc3c(s2)CCCC3)c(F)cc1F. The van der Waals surface area contributed by atoms with Crippen LogP contribution in [0.4, 0.5) is 8.78 Å². The fourth-order valence-corrected chi connectivity index (χ4v) is 3.77. The van der Waals surface area contributed by atoms with Crippen LogP contribution in [0.2, 0.25) is 0 Å². The van der Waals surface area contributed by atoms with Crippen LogP contribution in [0.5, 0.6) is 0 Å². The first-order valence-corrected chi connectivity index (χ1v) is 7.50. The lowest BCUT2D eigenvalue weighted by atomic mass is 9.98. The van der Waals surface area contributed by atoms with Crippen LogP contribution < -0.4 is 0 Å². The smallest absolute Gasteiger partial charge is 0.205 e. The first-order valence-electron chi connectivity index (χ1n) is 6.68. The molecule has 1 aliphatic rings. The van der Waals surface area contributed by atoms with E-state index in [4.69, 9.17) is 0 Å². The van der Waals surface area contributed by atoms with E-state index in [2.05, 4.69) is 0 Å². The number of halogens is 2. The first kappa shape index (κ1) is 13.4. The highest BCUT2D eigenvalue weighted by Gasteiger charge is 2.21. The minimum absolute atomic E-state index is 0.0394. The molecule has 0 radical (unpaired) electrons. The van der Waals surface area contributed by atoms with Gasteiger partial charge in [-0.25, -0.2) is 8.78 Å². The lowest BCUT2D eigenvalue weighted by molar-refractivity contribution is 0.103. The zero-order valence-electron chi connectivity index (χ0n) is 11.1. The fraction of sp³-hybridized carbons (Fsp3) is 0.312. The average Bonchev–Trinajstić information content (AvgIpc) is 2.86. The Kier molecular flexibility index (Phi) is 3.42. The van der Waals surface area contributed by atoms with E-state index in [1.807, 2.05) is 6.07 Å². The predicted octanol–water partition coefficient (Wildman–Crippen LogP) is 4.44. The number of carbonyl (C=O) groups excluding carboxylic acids is 1. The third kappa shape index (κ3) is 2.29. The second-order valence-corrected chi connectivity index (χ2v) is 6.31.